The molecule has 176 valence electrons. The summed E-state index contributed by atoms with van der Waals surface area (Å²) < 4.78 is 0. The van der Waals surface area contributed by atoms with E-state index >= 15 is 0 Å². The minimum Gasteiger partial charge on any atom is -0.336 e. The van der Waals surface area contributed by atoms with Crippen LogP contribution in [0.3, 0.4) is 0 Å². The zero-order valence-electron chi connectivity index (χ0n) is 19.4. The van der Waals surface area contributed by atoms with Crippen molar-refractivity contribution in [1.29, 1.82) is 0 Å². The first-order valence-corrected chi connectivity index (χ1v) is 11.3. The number of amides is 3. The lowest BCUT2D eigenvalue weighted by atomic mass is 9.92. The van der Waals surface area contributed by atoms with Gasteiger partial charge in [-0.1, -0.05) is 41.0 Å². The Balaban J connectivity index is 1.71. The van der Waals surface area contributed by atoms with E-state index in [0.717, 1.165) is 24.2 Å². The van der Waals surface area contributed by atoms with Crippen molar-refractivity contribution in [1.82, 2.24) is 15.1 Å². The average molecular weight is 472 g/mol. The number of carbonyl (C=O) groups is 2. The van der Waals surface area contributed by atoms with E-state index in [2.05, 4.69) is 20.7 Å². The summed E-state index contributed by atoms with van der Waals surface area (Å²) in [6.07, 6.45) is 0. The molecule has 0 aliphatic carbocycles. The van der Waals surface area contributed by atoms with Gasteiger partial charge in [0.05, 0.1) is 16.1 Å². The van der Waals surface area contributed by atoms with Crippen LogP contribution in [-0.4, -0.2) is 55.0 Å². The smallest absolute Gasteiger partial charge is 0.319 e. The summed E-state index contributed by atoms with van der Waals surface area (Å²) in [4.78, 5) is 40.5. The van der Waals surface area contributed by atoms with Gasteiger partial charge in [-0.25, -0.2) is 4.79 Å². The Morgan fingerprint density at radius 2 is 1.79 bits per heavy atom. The summed E-state index contributed by atoms with van der Waals surface area (Å²) in [5.41, 5.74) is 1.74. The molecule has 2 aromatic rings. The van der Waals surface area contributed by atoms with Crippen LogP contribution in [0.5, 0.6) is 0 Å². The lowest BCUT2D eigenvalue weighted by Gasteiger charge is -2.32. The van der Waals surface area contributed by atoms with Gasteiger partial charge in [0.1, 0.15) is 6.04 Å². The molecule has 3 amide bonds. The van der Waals surface area contributed by atoms with E-state index in [1.54, 1.807) is 30.0 Å². The summed E-state index contributed by atoms with van der Waals surface area (Å²) in [5.74, 6) is -0.146. The first-order chi connectivity index (χ1) is 15.6. The van der Waals surface area contributed by atoms with Gasteiger partial charge in [0.25, 0.3) is 5.91 Å². The number of nitroso groups, excluding NO2 is 1. The van der Waals surface area contributed by atoms with Gasteiger partial charge in [0.2, 0.25) is 0 Å². The fourth-order valence-corrected chi connectivity index (χ4v) is 3.91. The molecule has 1 atom stereocenters. The molecule has 1 heterocycles. The van der Waals surface area contributed by atoms with Crippen molar-refractivity contribution in [2.45, 2.75) is 32.4 Å². The van der Waals surface area contributed by atoms with E-state index in [4.69, 9.17) is 11.6 Å². The van der Waals surface area contributed by atoms with Gasteiger partial charge in [-0.3, -0.25) is 4.79 Å². The lowest BCUT2D eigenvalue weighted by molar-refractivity contribution is 0.0664. The van der Waals surface area contributed by atoms with Gasteiger partial charge >= 0.3 is 6.03 Å². The highest BCUT2D eigenvalue weighted by atomic mass is 35.5. The Morgan fingerprint density at radius 3 is 2.45 bits per heavy atom. The van der Waals surface area contributed by atoms with E-state index in [-0.39, 0.29) is 5.91 Å². The number of rotatable bonds is 6. The van der Waals surface area contributed by atoms with E-state index < -0.39 is 17.6 Å². The second kappa shape index (κ2) is 10.3. The van der Waals surface area contributed by atoms with Crippen LogP contribution in [0.25, 0.3) is 0 Å². The van der Waals surface area contributed by atoms with Gasteiger partial charge in [-0.05, 0) is 57.1 Å². The maximum Gasteiger partial charge on any atom is 0.319 e. The molecule has 0 bridgehead atoms. The number of hydrogen-bond donors (Lipinski definition) is 2. The number of carbonyl (C=O) groups excluding carboxylic acids is 2. The third-order valence-corrected chi connectivity index (χ3v) is 6.25. The summed E-state index contributed by atoms with van der Waals surface area (Å²) in [6.45, 7) is 8.35. The van der Waals surface area contributed by atoms with Crippen LogP contribution >= 0.6 is 11.6 Å². The minimum atomic E-state index is -0.715. The van der Waals surface area contributed by atoms with Gasteiger partial charge in [0.15, 0.2) is 0 Å². The van der Waals surface area contributed by atoms with E-state index in [0.29, 0.717) is 29.4 Å². The van der Waals surface area contributed by atoms with Gasteiger partial charge < -0.3 is 20.4 Å². The molecule has 0 aromatic heterocycles. The quantitative estimate of drug-likeness (QED) is 0.601. The Bertz CT molecular complexity index is 1030. The zero-order valence-corrected chi connectivity index (χ0v) is 20.1. The fourth-order valence-electron chi connectivity index (χ4n) is 3.71. The van der Waals surface area contributed by atoms with Crippen LogP contribution in [0.1, 0.15) is 48.3 Å². The number of benzene rings is 2. The Kier molecular flexibility index (Phi) is 7.71. The molecular formula is C24H30ClN5O3. The van der Waals surface area contributed by atoms with Crippen LogP contribution in [0.2, 0.25) is 5.02 Å². The predicted molar refractivity (Wildman–Crippen MR) is 131 cm³/mol. The Labute approximate surface area is 199 Å². The van der Waals surface area contributed by atoms with Gasteiger partial charge in [-0.15, -0.1) is 0 Å². The molecule has 1 saturated heterocycles. The first kappa shape index (κ1) is 24.7. The second-order valence-corrected chi connectivity index (χ2v) is 9.31. The van der Waals surface area contributed by atoms with Crippen molar-refractivity contribution in [3.63, 3.8) is 0 Å². The summed E-state index contributed by atoms with van der Waals surface area (Å²) >= 11 is 6.30. The highest BCUT2D eigenvalue weighted by Gasteiger charge is 2.25. The third kappa shape index (κ3) is 6.09. The highest BCUT2D eigenvalue weighted by molar-refractivity contribution is 6.34. The molecule has 0 saturated carbocycles. The second-order valence-electron chi connectivity index (χ2n) is 8.90. The van der Waals surface area contributed by atoms with E-state index in [1.165, 1.54) is 0 Å². The van der Waals surface area contributed by atoms with Crippen molar-refractivity contribution in [2.24, 2.45) is 5.18 Å². The number of halogens is 1. The molecule has 33 heavy (non-hydrogen) atoms. The number of nitrogens with one attached hydrogen (secondary N) is 2. The van der Waals surface area contributed by atoms with Gasteiger partial charge in [-0.2, -0.15) is 4.91 Å². The molecule has 2 aromatic carbocycles. The Hall–Kier alpha value is -2.97. The standard InChI is InChI=1S/C24H30ClN5O3/c1-16(28-33)17-6-5-7-18(14-17)24(2,3)27-23(32)26-19-8-9-21(25)20(15-19)22(31)30-12-10-29(4)11-13-30/h5-9,14-16H,10-13H2,1-4H3,(H2,26,27,32). The van der Waals surface area contributed by atoms with Crippen molar-refractivity contribution >= 4 is 29.2 Å². The summed E-state index contributed by atoms with van der Waals surface area (Å²) in [6, 6.07) is 11.4. The molecule has 8 nitrogen and oxygen atoms in total. The maximum atomic E-state index is 13.0. The lowest BCUT2D eigenvalue weighted by Crippen LogP contribution is -2.47. The molecule has 0 radical (unpaired) electrons. The number of likely N-dealkylation sites (N-methyl/N-ethyl adjacent to an activating group) is 1. The largest absolute Gasteiger partial charge is 0.336 e. The molecule has 0 spiro atoms. The zero-order chi connectivity index (χ0) is 24.2. The van der Waals surface area contributed by atoms with Crippen LogP contribution in [-0.2, 0) is 5.54 Å². The van der Waals surface area contributed by atoms with Crippen LogP contribution < -0.4 is 10.6 Å². The molecule has 1 unspecified atom stereocenters. The number of urea groups is 1. The topological polar surface area (TPSA) is 94.1 Å². The first-order valence-electron chi connectivity index (χ1n) is 10.9. The normalized spacial score (nSPS) is 15.6. The van der Waals surface area contributed by atoms with Crippen molar-refractivity contribution in [3.8, 4) is 0 Å². The van der Waals surface area contributed by atoms with E-state index in [1.807, 2.05) is 45.2 Å². The van der Waals surface area contributed by atoms with E-state index in [9.17, 15) is 14.5 Å². The number of anilines is 1. The molecule has 9 heteroatoms. The van der Waals surface area contributed by atoms with Crippen LogP contribution in [0.4, 0.5) is 10.5 Å². The summed E-state index contributed by atoms with van der Waals surface area (Å²) in [5, 5.41) is 9.16. The van der Waals surface area contributed by atoms with Crippen molar-refractivity contribution in [2.75, 3.05) is 38.5 Å². The number of hydrogen-bond acceptors (Lipinski definition) is 5. The van der Waals surface area contributed by atoms with Crippen LogP contribution in [0.15, 0.2) is 47.6 Å². The fraction of sp³-hybridized carbons (Fsp3) is 0.417. The Morgan fingerprint density at radius 1 is 1.09 bits per heavy atom. The minimum absolute atomic E-state index is 0.146. The van der Waals surface area contributed by atoms with Crippen molar-refractivity contribution < 1.29 is 9.59 Å². The monoisotopic (exact) mass is 471 g/mol. The number of nitrogens with zero attached hydrogens (tertiary/aromatic N) is 3. The van der Waals surface area contributed by atoms with Crippen LogP contribution in [0, 0.1) is 4.91 Å². The molecule has 1 fully saturated rings. The van der Waals surface area contributed by atoms with Gasteiger partial charge in [0, 0.05) is 31.9 Å². The predicted octanol–water partition coefficient (Wildman–Crippen LogP) is 4.61. The average Bonchev–Trinajstić information content (AvgIpc) is 2.79. The molecule has 1 aliphatic rings. The summed E-state index contributed by atoms with van der Waals surface area (Å²) in [7, 11) is 2.02. The SMILES string of the molecule is CC(N=O)c1cccc(C(C)(C)NC(=O)Nc2ccc(Cl)c(C(=O)N3CCN(C)CC3)c2)c1. The number of piperazine rings is 1. The molecular weight excluding hydrogens is 442 g/mol. The molecule has 2 N–H and O–H groups in total. The molecule has 1 aliphatic heterocycles. The highest BCUT2D eigenvalue weighted by Crippen LogP contribution is 2.26. The maximum absolute atomic E-state index is 13.0. The third-order valence-electron chi connectivity index (χ3n) is 5.92. The van der Waals surface area contributed by atoms with Crippen molar-refractivity contribution in [3.05, 3.63) is 69.1 Å². The molecule has 3 rings (SSSR count).